The molecular weight excluding hydrogens is 1510 g/mol. The van der Waals surface area contributed by atoms with Gasteiger partial charge in [-0.05, 0) is 89.5 Å². The van der Waals surface area contributed by atoms with Gasteiger partial charge in [-0.25, -0.2) is 0 Å². The molecule has 0 unspecified atom stereocenters. The molecule has 0 saturated heterocycles. The first-order valence-corrected chi connectivity index (χ1v) is 33.6. The Morgan fingerprint density at radius 3 is 0.871 bits per heavy atom. The lowest BCUT2D eigenvalue weighted by Gasteiger charge is -2.17. The fourth-order valence-electron chi connectivity index (χ4n) is 8.74. The third-order valence-electron chi connectivity index (χ3n) is 14.4. The summed E-state index contributed by atoms with van der Waals surface area (Å²) < 4.78 is 0. The number of rotatable bonds is 21. The van der Waals surface area contributed by atoms with Gasteiger partial charge in [0, 0.05) is 132 Å². The number of anilines is 21. The molecule has 6 aromatic carbocycles. The predicted molar refractivity (Wildman–Crippen MR) is 437 cm³/mol. The van der Waals surface area contributed by atoms with Crippen molar-refractivity contribution in [2.75, 3.05) is 174 Å². The topological polar surface area (TPSA) is 731 Å². The molecule has 0 aliphatic carbocycles. The van der Waals surface area contributed by atoms with E-state index in [-0.39, 0.29) is 117 Å². The zero-order chi connectivity index (χ0) is 85.2. The zero-order valence-corrected chi connectivity index (χ0v) is 64.1. The molecule has 0 aliphatic rings. The Balaban J connectivity index is 0.000000193. The number of benzene rings is 6. The average molecular weight is 1600 g/mol. The monoisotopic (exact) mass is 1600 g/mol. The van der Waals surface area contributed by atoms with Crippen molar-refractivity contribution in [1.82, 2.24) is 89.7 Å². The van der Waals surface area contributed by atoms with E-state index in [9.17, 15) is 56.2 Å². The molecular formula is C68H88N36O12. The Morgan fingerprint density at radius 2 is 0.500 bits per heavy atom. The molecule has 0 atom stereocenters. The van der Waals surface area contributed by atoms with Crippen LogP contribution in [0.1, 0.15) is 16.7 Å². The summed E-state index contributed by atoms with van der Waals surface area (Å²) in [6, 6.07) is 26.6. The van der Waals surface area contributed by atoms with Gasteiger partial charge in [0.2, 0.25) is 107 Å². The van der Waals surface area contributed by atoms with E-state index < -0.39 is 0 Å². The van der Waals surface area contributed by atoms with E-state index in [1.807, 2.05) is 42.3 Å². The van der Waals surface area contributed by atoms with Gasteiger partial charge in [-0.1, -0.05) is 18.2 Å². The highest BCUT2D eigenvalue weighted by Gasteiger charge is 2.16. The van der Waals surface area contributed by atoms with Gasteiger partial charge in [0.1, 0.15) is 0 Å². The largest absolute Gasteiger partial charge is 0.504 e. The average Bonchev–Trinajstić information content (AvgIpc) is 0.809. The normalized spacial score (nSPS) is 10.2. The van der Waals surface area contributed by atoms with Crippen LogP contribution in [0.5, 0.6) is 69.0 Å². The van der Waals surface area contributed by atoms with Crippen LogP contribution in [0.3, 0.4) is 0 Å². The predicted octanol–water partition coefficient (Wildman–Crippen LogP) is 3.63. The van der Waals surface area contributed by atoms with Gasteiger partial charge in [-0.15, -0.1) is 0 Å². The molecule has 0 amide bonds. The van der Waals surface area contributed by atoms with Crippen molar-refractivity contribution < 1.29 is 61.3 Å². The minimum atomic E-state index is -0.236. The van der Waals surface area contributed by atoms with Crippen molar-refractivity contribution in [1.29, 1.82) is 0 Å². The number of phenolic OH excluding ortho intramolecular Hbond substituents is 12. The Labute approximate surface area is 660 Å². The van der Waals surface area contributed by atoms with Gasteiger partial charge < -0.3 is 157 Å². The van der Waals surface area contributed by atoms with E-state index >= 15 is 0 Å². The molecule has 48 nitrogen and oxygen atoms in total. The molecule has 31 N–H and O–H groups in total. The number of hydrogen-bond acceptors (Lipinski definition) is 48. The summed E-state index contributed by atoms with van der Waals surface area (Å²) in [7, 11) is 19.7. The second-order valence-electron chi connectivity index (χ2n) is 24.5. The molecule has 0 spiro atoms. The molecule has 116 heavy (non-hydrogen) atoms. The highest BCUT2D eigenvalue weighted by atomic mass is 16.3. The first-order valence-electron chi connectivity index (χ1n) is 33.6. The number of nitrogens with two attached hydrogens (primary N) is 6. The minimum absolute atomic E-state index is 0.0264. The third kappa shape index (κ3) is 26.9. The zero-order valence-electron chi connectivity index (χ0n) is 64.1. The van der Waals surface area contributed by atoms with Crippen LogP contribution in [-0.4, -0.2) is 229 Å². The molecule has 12 aromatic rings. The summed E-state index contributed by atoms with van der Waals surface area (Å²) in [6.07, 6.45) is 0. The van der Waals surface area contributed by atoms with Gasteiger partial charge >= 0.3 is 0 Å². The molecule has 0 radical (unpaired) electrons. The molecule has 48 heteroatoms. The van der Waals surface area contributed by atoms with Gasteiger partial charge in [0.15, 0.2) is 69.0 Å². The highest BCUT2D eigenvalue weighted by molar-refractivity contribution is 5.64. The lowest BCUT2D eigenvalue weighted by atomic mass is 10.2. The van der Waals surface area contributed by atoms with Gasteiger partial charge in [0.05, 0.1) is 0 Å². The third-order valence-corrected chi connectivity index (χ3v) is 14.4. The van der Waals surface area contributed by atoms with Crippen LogP contribution in [0.25, 0.3) is 0 Å². The van der Waals surface area contributed by atoms with Crippen molar-refractivity contribution in [2.45, 2.75) is 19.6 Å². The lowest BCUT2D eigenvalue weighted by molar-refractivity contribution is 0.403. The van der Waals surface area contributed by atoms with Gasteiger partial charge in [0.25, 0.3) is 0 Å². The maximum Gasteiger partial charge on any atom is 0.233 e. The molecule has 612 valence electrons. The molecule has 0 bridgehead atoms. The molecule has 0 fully saturated rings. The summed E-state index contributed by atoms with van der Waals surface area (Å²) in [5, 5.41) is 132. The second kappa shape index (κ2) is 40.2. The van der Waals surface area contributed by atoms with Gasteiger partial charge in [-0.3, -0.25) is 0 Å². The van der Waals surface area contributed by atoms with Crippen LogP contribution in [-0.2, 0) is 19.6 Å². The fourth-order valence-corrected chi connectivity index (χ4v) is 8.74. The molecule has 12 rings (SSSR count). The molecule has 0 aliphatic heterocycles. The summed E-state index contributed by atoms with van der Waals surface area (Å²) in [5.41, 5.74) is 36.8. The first kappa shape index (κ1) is 86.6. The standard InChI is InChI=1S/C13H18N6O2.C12H16N6O2.3C11H14N6O2.C10H12N6O2/c1-18(2)12-15-11(16-13(17-12)19(3)4)14-8-5-6-9(20)10(21)7-8;1-13-10-15-11(17-12(16-10)18(2)3)14-7-4-5-8(19)9(20)6-7;1-17(2)11-15-9(12)14-10(16-11)13-6-3-4-7(18)8(19)5-6;1-17(11-15-9(12)14-10(13)16-11)5-6-2-3-7(18)8(19)4-6;1-13-10-15-9(12)16-11(17-10)14-5-6-2-3-7(18)8(19)4-6;11-8-14-9(12)16-10(15-8)13-4-5-1-2-6(17)7(18)3-5/h5-7,20-21H,1-4H3,(H,14,15,16,17);4-6,19-20H,1-3H3,(H2,13,14,15,16,17);3-5,18-19H,1-2H3,(H3,12,13,14,15,16);2-4,18-19H,5H2,1H3,(H4,12,13,14,15,16);2-4,18-19H,5H2,1H3,(H4,12,13,14,15,16,17);1-3,17-18H,4H2,(H5,11,12,13,14,15,16). The molecule has 6 heterocycles. The van der Waals surface area contributed by atoms with E-state index in [0.29, 0.717) is 96.2 Å². The van der Waals surface area contributed by atoms with E-state index in [0.717, 1.165) is 16.7 Å². The quantitative estimate of drug-likeness (QED) is 0.0361. The smallest absolute Gasteiger partial charge is 0.233 e. The van der Waals surface area contributed by atoms with Crippen LogP contribution in [0.15, 0.2) is 109 Å². The van der Waals surface area contributed by atoms with Crippen LogP contribution in [0.4, 0.5) is 124 Å². The Morgan fingerprint density at radius 1 is 0.250 bits per heavy atom. The van der Waals surface area contributed by atoms with E-state index in [1.165, 1.54) is 72.8 Å². The highest BCUT2D eigenvalue weighted by Crippen LogP contribution is 2.33. The number of phenols is 12. The number of nitrogens with zero attached hydrogens (tertiary/aromatic N) is 23. The van der Waals surface area contributed by atoms with E-state index in [4.69, 9.17) is 39.5 Å². The fraction of sp³-hybridized carbons (Fsp3) is 0.206. The Bertz CT molecular complexity index is 5230. The lowest BCUT2D eigenvalue weighted by Crippen LogP contribution is -2.20. The molecule has 0 saturated carbocycles. The van der Waals surface area contributed by atoms with E-state index in [1.54, 1.807) is 96.1 Å². The summed E-state index contributed by atoms with van der Waals surface area (Å²) in [6.45, 7) is 1.13. The first-order chi connectivity index (χ1) is 54.9. The van der Waals surface area contributed by atoms with Crippen molar-refractivity contribution in [3.8, 4) is 69.0 Å². The Kier molecular flexibility index (Phi) is 30.0. The van der Waals surface area contributed by atoms with Crippen LogP contribution >= 0.6 is 0 Å². The van der Waals surface area contributed by atoms with E-state index in [2.05, 4.69) is 127 Å². The maximum absolute atomic E-state index is 9.50. The number of nitrogen functional groups attached to an aromatic ring is 6. The maximum atomic E-state index is 9.50. The van der Waals surface area contributed by atoms with Crippen molar-refractivity contribution in [3.63, 3.8) is 0 Å². The number of aromatic nitrogens is 18. The van der Waals surface area contributed by atoms with Crippen LogP contribution < -0.4 is 96.1 Å². The molecule has 6 aromatic heterocycles. The summed E-state index contributed by atoms with van der Waals surface area (Å²) >= 11 is 0. The van der Waals surface area contributed by atoms with Crippen molar-refractivity contribution >= 4 is 124 Å². The van der Waals surface area contributed by atoms with Crippen LogP contribution in [0, 0.1) is 0 Å². The van der Waals surface area contributed by atoms with Gasteiger partial charge in [-0.2, -0.15) is 89.7 Å². The van der Waals surface area contributed by atoms with Crippen LogP contribution in [0.2, 0.25) is 0 Å². The number of hydrogen-bond donors (Lipinski definition) is 25. The van der Waals surface area contributed by atoms with Crippen molar-refractivity contribution in [2.24, 2.45) is 0 Å². The Hall–Kier alpha value is -16.6. The SMILES string of the molecule is CN(C)c1nc(N)nc(Nc2ccc(O)c(O)c2)n1.CN(C)c1nc(Nc2ccc(O)c(O)c2)nc(N(C)C)n1.CN(Cc1ccc(O)c(O)c1)c1nc(N)nc(N)n1.CNc1nc(N)nc(NCc2ccc(O)c(O)c2)n1.CNc1nc(Nc2ccc(O)c(O)c2)nc(N(C)C)n1.Nc1nc(N)nc(NCc2ccc(O)c(O)c2)n1. The second-order valence-corrected chi connectivity index (χ2v) is 24.5. The summed E-state index contributed by atoms with van der Waals surface area (Å²) in [5.74, 6) is 2.61. The number of nitrogens with one attached hydrogen (secondary N) is 7. The van der Waals surface area contributed by atoms with Crippen molar-refractivity contribution in [3.05, 3.63) is 126 Å². The minimum Gasteiger partial charge on any atom is -0.504 e. The summed E-state index contributed by atoms with van der Waals surface area (Å²) in [4.78, 5) is 81.0. The number of aromatic hydroxyl groups is 12.